The molecule has 0 aliphatic carbocycles. The number of hydrogen-bond donors (Lipinski definition) is 1. The van der Waals surface area contributed by atoms with E-state index in [0.29, 0.717) is 6.61 Å². The van der Waals surface area contributed by atoms with E-state index in [-0.39, 0.29) is 29.6 Å². The van der Waals surface area contributed by atoms with Crippen molar-refractivity contribution in [1.29, 1.82) is 0 Å². The number of rotatable bonds is 4. The Morgan fingerprint density at radius 3 is 2.00 bits per heavy atom. The van der Waals surface area contributed by atoms with Crippen molar-refractivity contribution in [2.24, 2.45) is 0 Å². The van der Waals surface area contributed by atoms with E-state index in [1.165, 1.54) is 0 Å². The summed E-state index contributed by atoms with van der Waals surface area (Å²) in [6.45, 7) is 6.88. The molecule has 3 nitrogen and oxygen atoms in total. The fourth-order valence-electron chi connectivity index (χ4n) is 0.426. The van der Waals surface area contributed by atoms with Crippen molar-refractivity contribution >= 4 is 48.6 Å². The van der Waals surface area contributed by atoms with Gasteiger partial charge in [0.05, 0.1) is 6.61 Å². The van der Waals surface area contributed by atoms with Crippen molar-refractivity contribution in [1.82, 2.24) is 0 Å². The van der Waals surface area contributed by atoms with Crippen LogP contribution in [0.3, 0.4) is 0 Å². The molecular weight excluding hydrogens is 191 g/mol. The Hall–Kier alpha value is 1.13. The quantitative estimate of drug-likeness (QED) is 0.528. The Morgan fingerprint density at radius 2 is 1.73 bits per heavy atom. The van der Waals surface area contributed by atoms with Gasteiger partial charge in [0.25, 0.3) is 11.0 Å². The van der Waals surface area contributed by atoms with Crippen LogP contribution in [0.4, 0.5) is 0 Å². The first-order valence-electron chi connectivity index (χ1n) is 3.19. The van der Waals surface area contributed by atoms with Crippen molar-refractivity contribution in [3.05, 3.63) is 0 Å². The molecule has 0 heterocycles. The second-order valence-electron chi connectivity index (χ2n) is 3.37. The van der Waals surface area contributed by atoms with Gasteiger partial charge in [-0.25, -0.2) is 8.42 Å². The van der Waals surface area contributed by atoms with Gasteiger partial charge in [-0.15, -0.1) is 0 Å². The van der Waals surface area contributed by atoms with Crippen LogP contribution in [0.5, 0.6) is 0 Å². The minimum atomic E-state index is -2.63. The predicted molar refractivity (Wildman–Crippen MR) is 51.6 cm³/mol. The summed E-state index contributed by atoms with van der Waals surface area (Å²) < 4.78 is 24.2. The van der Waals surface area contributed by atoms with Gasteiger partial charge in [0.15, 0.2) is 0 Å². The second-order valence-corrected chi connectivity index (χ2v) is 9.69. The third kappa shape index (κ3) is 14.0. The molecule has 6 heteroatoms. The molecule has 0 bridgehead atoms. The van der Waals surface area contributed by atoms with E-state index in [1.807, 2.05) is 0 Å². The van der Waals surface area contributed by atoms with E-state index in [1.54, 1.807) is 0 Å². The Bertz CT molecular complexity index is 156. The molecule has 0 spiro atoms. The van der Waals surface area contributed by atoms with Crippen molar-refractivity contribution in [3.8, 4) is 0 Å². The molecule has 0 rings (SSSR count). The molecule has 0 aromatic rings. The molecule has 0 saturated heterocycles. The third-order valence-corrected chi connectivity index (χ3v) is 3.15. The Kier molecular flexibility index (Phi) is 8.81. The van der Waals surface area contributed by atoms with Gasteiger partial charge in [-0.1, -0.05) is 19.6 Å². The first-order valence-corrected chi connectivity index (χ1v) is 7.99. The first kappa shape index (κ1) is 14.6. The van der Waals surface area contributed by atoms with Crippen molar-refractivity contribution < 1.29 is 12.6 Å². The monoisotopic (exact) mass is 206 g/mol. The molecule has 0 aliphatic rings. The van der Waals surface area contributed by atoms with E-state index < -0.39 is 19.1 Å². The summed E-state index contributed by atoms with van der Waals surface area (Å²) in [5.74, 6) is 0. The normalized spacial score (nSPS) is 11.3. The van der Waals surface area contributed by atoms with Gasteiger partial charge in [-0.05, 0) is 6.04 Å². The molecule has 0 radical (unpaired) electrons. The zero-order valence-corrected chi connectivity index (χ0v) is 8.48. The van der Waals surface area contributed by atoms with E-state index >= 15 is 0 Å². The summed E-state index contributed by atoms with van der Waals surface area (Å²) in [6.07, 6.45) is 0. The van der Waals surface area contributed by atoms with Crippen LogP contribution >= 0.6 is 0 Å². The van der Waals surface area contributed by atoms with Gasteiger partial charge in [0, 0.05) is 8.07 Å². The van der Waals surface area contributed by atoms with Crippen LogP contribution in [0.15, 0.2) is 0 Å². The van der Waals surface area contributed by atoms with Gasteiger partial charge >= 0.3 is 29.6 Å². The summed E-state index contributed by atoms with van der Waals surface area (Å²) in [7, 11) is -3.75. The molecule has 0 aliphatic heterocycles. The van der Waals surface area contributed by atoms with Crippen LogP contribution in [0.1, 0.15) is 0 Å². The summed E-state index contributed by atoms with van der Waals surface area (Å²) in [6, 6.07) is 0.899. The van der Waals surface area contributed by atoms with Gasteiger partial charge in [0.2, 0.25) is 0 Å². The molecule has 0 amide bonds. The topological polar surface area (TPSA) is 43.4 Å². The number of hydrogen-bond acceptors (Lipinski definition) is 3. The van der Waals surface area contributed by atoms with Crippen LogP contribution in [-0.4, -0.2) is 52.7 Å². The SMILES string of the molecule is C[Si](C)(C)CCO[SH](=O)=O.[NaH]. The Labute approximate surface area is 93.0 Å². The van der Waals surface area contributed by atoms with Gasteiger partial charge in [-0.2, -0.15) is 0 Å². The molecule has 64 valence electrons. The molecule has 0 N–H and O–H groups in total. The average molecular weight is 206 g/mol. The summed E-state index contributed by atoms with van der Waals surface area (Å²) in [5, 5.41) is 0. The maximum absolute atomic E-state index is 9.92. The molecule has 0 saturated carbocycles. The van der Waals surface area contributed by atoms with Crippen molar-refractivity contribution in [2.75, 3.05) is 6.61 Å². The zero-order valence-electron chi connectivity index (χ0n) is 6.59. The standard InChI is InChI=1S/C5H14O3SSi.Na.H/c1-10(2,3)5-4-8-9(6)7;;/h9H,4-5H2,1-3H3;;. The Balaban J connectivity index is 0. The van der Waals surface area contributed by atoms with E-state index in [9.17, 15) is 8.42 Å². The molecular formula is C5H15NaO3SSi. The second kappa shape index (κ2) is 6.62. The van der Waals surface area contributed by atoms with Crippen LogP contribution < -0.4 is 0 Å². The van der Waals surface area contributed by atoms with E-state index in [2.05, 4.69) is 23.8 Å². The minimum absolute atomic E-state index is 0. The van der Waals surface area contributed by atoms with Gasteiger partial charge in [-0.3, -0.25) is 4.18 Å². The van der Waals surface area contributed by atoms with Crippen LogP contribution in [0, 0.1) is 0 Å². The van der Waals surface area contributed by atoms with Crippen LogP contribution in [-0.2, 0) is 15.2 Å². The van der Waals surface area contributed by atoms with Gasteiger partial charge in [0.1, 0.15) is 0 Å². The molecule has 0 aromatic carbocycles. The Morgan fingerprint density at radius 1 is 1.27 bits per heavy atom. The van der Waals surface area contributed by atoms with Crippen LogP contribution in [0.2, 0.25) is 25.7 Å². The van der Waals surface area contributed by atoms with Crippen molar-refractivity contribution in [3.63, 3.8) is 0 Å². The van der Waals surface area contributed by atoms with Crippen LogP contribution in [0.25, 0.3) is 0 Å². The molecule has 0 atom stereocenters. The summed E-state index contributed by atoms with van der Waals surface area (Å²) in [5.41, 5.74) is 0. The third-order valence-electron chi connectivity index (χ3n) is 1.05. The summed E-state index contributed by atoms with van der Waals surface area (Å²) >= 11 is 0. The van der Waals surface area contributed by atoms with Gasteiger partial charge < -0.3 is 0 Å². The average Bonchev–Trinajstić information content (AvgIpc) is 1.59. The molecule has 0 aromatic heterocycles. The predicted octanol–water partition coefficient (Wildman–Crippen LogP) is 0.219. The fourth-order valence-corrected chi connectivity index (χ4v) is 1.55. The van der Waals surface area contributed by atoms with Crippen molar-refractivity contribution in [2.45, 2.75) is 25.7 Å². The maximum atomic E-state index is 9.92. The summed E-state index contributed by atoms with van der Waals surface area (Å²) in [4.78, 5) is 0. The van der Waals surface area contributed by atoms with E-state index in [4.69, 9.17) is 0 Å². The number of thiol groups is 1. The zero-order chi connectivity index (χ0) is 8.20. The molecule has 11 heavy (non-hydrogen) atoms. The fraction of sp³-hybridized carbons (Fsp3) is 1.00. The van der Waals surface area contributed by atoms with E-state index in [0.717, 1.165) is 6.04 Å². The molecule has 0 unspecified atom stereocenters. The molecule has 0 fully saturated rings. The first-order chi connectivity index (χ1) is 4.42.